The van der Waals surface area contributed by atoms with E-state index in [1.807, 2.05) is 61.5 Å². The van der Waals surface area contributed by atoms with E-state index in [1.54, 1.807) is 18.3 Å². The van der Waals surface area contributed by atoms with Crippen molar-refractivity contribution in [2.75, 3.05) is 0 Å². The predicted octanol–water partition coefficient (Wildman–Crippen LogP) is 5.70. The molecule has 6 heteroatoms. The molecule has 0 unspecified atom stereocenters. The topological polar surface area (TPSA) is 61.7 Å². The van der Waals surface area contributed by atoms with Crippen LogP contribution in [-0.4, -0.2) is 17.2 Å². The average molecular weight is 516 g/mol. The first kappa shape index (κ1) is 21.3. The molecule has 0 aromatic heterocycles. The van der Waals surface area contributed by atoms with Crippen LogP contribution >= 0.6 is 31.9 Å². The molecule has 148 valence electrons. The quantitative estimate of drug-likeness (QED) is 0.326. The molecule has 0 heterocycles. The number of phenols is 1. The van der Waals surface area contributed by atoms with Crippen molar-refractivity contribution in [3.63, 3.8) is 0 Å². The number of aryl methyl sites for hydroxylation is 1. The molecule has 0 saturated heterocycles. The third-order valence-corrected chi connectivity index (χ3v) is 5.84. The minimum atomic E-state index is -0.354. The van der Waals surface area contributed by atoms with Gasteiger partial charge in [0, 0.05) is 0 Å². The fourth-order valence-electron chi connectivity index (χ4n) is 3.01. The second kappa shape index (κ2) is 9.85. The Bertz CT molecular complexity index is 1010. The Hall–Kier alpha value is -2.44. The zero-order valence-electron chi connectivity index (χ0n) is 15.8. The summed E-state index contributed by atoms with van der Waals surface area (Å²) >= 11 is 6.57. The Morgan fingerprint density at radius 3 is 2.34 bits per heavy atom. The van der Waals surface area contributed by atoms with E-state index in [0.29, 0.717) is 15.4 Å². The summed E-state index contributed by atoms with van der Waals surface area (Å²) in [5.41, 5.74) is 6.62. The van der Waals surface area contributed by atoms with Gasteiger partial charge in [-0.3, -0.25) is 4.79 Å². The number of halogens is 2. The summed E-state index contributed by atoms with van der Waals surface area (Å²) in [5.74, 6) is -0.408. The van der Waals surface area contributed by atoms with E-state index < -0.39 is 0 Å². The summed E-state index contributed by atoms with van der Waals surface area (Å²) in [4.78, 5) is 13.0. The largest absolute Gasteiger partial charge is 0.506 e. The average Bonchev–Trinajstić information content (AvgIpc) is 2.72. The fraction of sp³-hybridized carbons (Fsp3) is 0.130. The molecule has 0 fully saturated rings. The number of rotatable bonds is 6. The van der Waals surface area contributed by atoms with E-state index in [0.717, 1.165) is 22.3 Å². The molecule has 0 radical (unpaired) electrons. The molecule has 0 aliphatic carbocycles. The minimum absolute atomic E-state index is 0.119. The van der Waals surface area contributed by atoms with E-state index in [9.17, 15) is 9.90 Å². The highest BCUT2D eigenvalue weighted by molar-refractivity contribution is 9.11. The molecule has 0 spiro atoms. The second-order valence-electron chi connectivity index (χ2n) is 6.66. The summed E-state index contributed by atoms with van der Waals surface area (Å²) in [6, 6.07) is 21.2. The number of aromatic hydroxyl groups is 1. The molecular formula is C23H20Br2N2O2. The van der Waals surface area contributed by atoms with Crippen LogP contribution in [0.5, 0.6) is 5.75 Å². The third kappa shape index (κ3) is 5.55. The molecule has 29 heavy (non-hydrogen) atoms. The maximum absolute atomic E-state index is 13.0. The van der Waals surface area contributed by atoms with Gasteiger partial charge in [-0.05, 0) is 79.6 Å². The van der Waals surface area contributed by atoms with Crippen LogP contribution in [0, 0.1) is 6.92 Å². The number of hydrogen-bond acceptors (Lipinski definition) is 3. The Morgan fingerprint density at radius 2 is 1.69 bits per heavy atom. The van der Waals surface area contributed by atoms with Gasteiger partial charge in [-0.25, -0.2) is 5.43 Å². The van der Waals surface area contributed by atoms with Gasteiger partial charge in [0.15, 0.2) is 0 Å². The normalized spacial score (nSPS) is 12.1. The number of hydrazone groups is 1. The Balaban J connectivity index is 1.79. The van der Waals surface area contributed by atoms with Gasteiger partial charge < -0.3 is 5.11 Å². The van der Waals surface area contributed by atoms with Crippen molar-refractivity contribution in [3.8, 4) is 5.75 Å². The van der Waals surface area contributed by atoms with Crippen molar-refractivity contribution >= 4 is 44.0 Å². The Labute approximate surface area is 186 Å². The van der Waals surface area contributed by atoms with Crippen LogP contribution in [0.15, 0.2) is 80.8 Å². The molecular weight excluding hydrogens is 496 g/mol. The highest BCUT2D eigenvalue weighted by atomic mass is 79.9. The van der Waals surface area contributed by atoms with Gasteiger partial charge in [0.1, 0.15) is 5.75 Å². The van der Waals surface area contributed by atoms with Crippen LogP contribution in [0.3, 0.4) is 0 Å². The van der Waals surface area contributed by atoms with E-state index in [2.05, 4.69) is 42.4 Å². The van der Waals surface area contributed by atoms with Crippen LogP contribution in [-0.2, 0) is 11.2 Å². The van der Waals surface area contributed by atoms with Crippen LogP contribution in [0.25, 0.3) is 0 Å². The molecule has 0 aliphatic heterocycles. The highest BCUT2D eigenvalue weighted by Gasteiger charge is 2.21. The van der Waals surface area contributed by atoms with Gasteiger partial charge in [0.2, 0.25) is 5.91 Å². The van der Waals surface area contributed by atoms with E-state index in [-0.39, 0.29) is 17.6 Å². The summed E-state index contributed by atoms with van der Waals surface area (Å²) in [7, 11) is 0. The van der Waals surface area contributed by atoms with Crippen molar-refractivity contribution < 1.29 is 9.90 Å². The van der Waals surface area contributed by atoms with E-state index in [4.69, 9.17) is 0 Å². The molecule has 1 amide bonds. The van der Waals surface area contributed by atoms with Crippen LogP contribution < -0.4 is 5.43 Å². The monoisotopic (exact) mass is 514 g/mol. The first-order chi connectivity index (χ1) is 14.0. The maximum Gasteiger partial charge on any atom is 0.247 e. The lowest BCUT2D eigenvalue weighted by atomic mass is 9.90. The number of nitrogens with one attached hydrogen (secondary N) is 1. The second-order valence-corrected chi connectivity index (χ2v) is 8.37. The number of hydrogen-bond donors (Lipinski definition) is 2. The molecule has 3 aromatic carbocycles. The summed E-state index contributed by atoms with van der Waals surface area (Å²) < 4.78 is 1.09. The number of benzene rings is 3. The number of carbonyl (C=O) groups excluding carboxylic acids is 1. The molecule has 3 rings (SSSR count). The number of amides is 1. The predicted molar refractivity (Wildman–Crippen MR) is 123 cm³/mol. The Kier molecular flexibility index (Phi) is 7.23. The summed E-state index contributed by atoms with van der Waals surface area (Å²) in [6.45, 7) is 2.05. The van der Waals surface area contributed by atoms with Crippen molar-refractivity contribution in [2.24, 2.45) is 5.10 Å². The maximum atomic E-state index is 13.0. The van der Waals surface area contributed by atoms with Crippen LogP contribution in [0.4, 0.5) is 0 Å². The first-order valence-corrected chi connectivity index (χ1v) is 10.6. The summed E-state index contributed by atoms with van der Waals surface area (Å²) in [6.07, 6.45) is 2.14. The standard InChI is InChI=1S/C23H20Br2N2O2/c1-15-7-5-6-10-18(15)13-19(17-8-3-2-4-9-17)23(29)27-26-14-16-11-20(24)22(28)21(25)12-16/h2-12,14,19,28H,13H2,1H3,(H,27,29)/b26-14-/t19-/m0/s1. The van der Waals surface area contributed by atoms with E-state index in [1.165, 1.54) is 0 Å². The molecule has 0 bridgehead atoms. The molecule has 3 aromatic rings. The van der Waals surface area contributed by atoms with Crippen molar-refractivity contribution in [2.45, 2.75) is 19.3 Å². The number of nitrogens with zero attached hydrogens (tertiary/aromatic N) is 1. The van der Waals surface area contributed by atoms with Crippen LogP contribution in [0.1, 0.15) is 28.2 Å². The molecule has 4 nitrogen and oxygen atoms in total. The van der Waals surface area contributed by atoms with Gasteiger partial charge in [0.05, 0.1) is 21.1 Å². The number of carbonyl (C=O) groups is 1. The highest BCUT2D eigenvalue weighted by Crippen LogP contribution is 2.32. The van der Waals surface area contributed by atoms with E-state index >= 15 is 0 Å². The van der Waals surface area contributed by atoms with Gasteiger partial charge in [0.25, 0.3) is 0 Å². The molecule has 1 atom stereocenters. The third-order valence-electron chi connectivity index (χ3n) is 4.63. The molecule has 0 saturated carbocycles. The lowest BCUT2D eigenvalue weighted by Crippen LogP contribution is -2.27. The number of phenolic OH excluding ortho intramolecular Hbond substituents is 1. The fourth-order valence-corrected chi connectivity index (χ4v) is 4.24. The van der Waals surface area contributed by atoms with Crippen LogP contribution in [0.2, 0.25) is 0 Å². The van der Waals surface area contributed by atoms with Gasteiger partial charge >= 0.3 is 0 Å². The van der Waals surface area contributed by atoms with Gasteiger partial charge in [-0.2, -0.15) is 5.10 Å². The first-order valence-electron chi connectivity index (χ1n) is 9.06. The molecule has 2 N–H and O–H groups in total. The van der Waals surface area contributed by atoms with Crippen molar-refractivity contribution in [3.05, 3.63) is 97.9 Å². The lowest BCUT2D eigenvalue weighted by molar-refractivity contribution is -0.122. The zero-order valence-corrected chi connectivity index (χ0v) is 18.9. The summed E-state index contributed by atoms with van der Waals surface area (Å²) in [5, 5.41) is 13.9. The lowest BCUT2D eigenvalue weighted by Gasteiger charge is -2.17. The zero-order chi connectivity index (χ0) is 20.8. The molecule has 0 aliphatic rings. The minimum Gasteiger partial charge on any atom is -0.506 e. The smallest absolute Gasteiger partial charge is 0.247 e. The van der Waals surface area contributed by atoms with Gasteiger partial charge in [-0.1, -0.05) is 54.6 Å². The SMILES string of the molecule is Cc1ccccc1C[C@H](C(=O)N/N=C\c1cc(Br)c(O)c(Br)c1)c1ccccc1. The van der Waals surface area contributed by atoms with Crippen molar-refractivity contribution in [1.29, 1.82) is 0 Å². The van der Waals surface area contributed by atoms with Gasteiger partial charge in [-0.15, -0.1) is 0 Å². The van der Waals surface area contributed by atoms with Crippen molar-refractivity contribution in [1.82, 2.24) is 5.43 Å². The Morgan fingerprint density at radius 1 is 1.07 bits per heavy atom.